The second kappa shape index (κ2) is 12.1. The molecule has 3 rings (SSSR count). The zero-order valence-electron chi connectivity index (χ0n) is 20.9. The van der Waals surface area contributed by atoms with E-state index >= 15 is 0 Å². The number of thiazole rings is 1. The number of aryl methyl sites for hydroxylation is 1. The van der Waals surface area contributed by atoms with Crippen LogP contribution in [-0.4, -0.2) is 10.8 Å². The number of carbonyl (C=O) groups excluding carboxylic acids is 1. The van der Waals surface area contributed by atoms with E-state index in [-0.39, 0.29) is 11.8 Å². The summed E-state index contributed by atoms with van der Waals surface area (Å²) in [4.78, 5) is 19.0. The molecule has 1 aromatic carbocycles. The monoisotopic (exact) mass is 453 g/mol. The Bertz CT molecular complexity index is 843. The van der Waals surface area contributed by atoms with Crippen LogP contribution in [-0.2, 0) is 11.2 Å². The number of hydrogen-bond acceptors (Lipinski definition) is 3. The first-order valence-corrected chi connectivity index (χ1v) is 13.8. The third-order valence-corrected chi connectivity index (χ3v) is 8.64. The van der Waals surface area contributed by atoms with Gasteiger partial charge in [-0.25, -0.2) is 0 Å². The van der Waals surface area contributed by atoms with E-state index in [1.54, 1.807) is 11.3 Å². The number of aromatic nitrogens is 1. The molecule has 2 nitrogen and oxygen atoms in total. The van der Waals surface area contributed by atoms with Crippen LogP contribution in [0.4, 0.5) is 0 Å². The van der Waals surface area contributed by atoms with Crippen LogP contribution in [0.5, 0.6) is 0 Å². The Kier molecular flexibility index (Phi) is 9.52. The lowest BCUT2D eigenvalue weighted by Gasteiger charge is -2.27. The van der Waals surface area contributed by atoms with Crippen molar-refractivity contribution in [1.29, 1.82) is 0 Å². The van der Waals surface area contributed by atoms with Gasteiger partial charge in [0, 0.05) is 18.0 Å². The average molecular weight is 454 g/mol. The molecule has 0 N–H and O–H groups in total. The van der Waals surface area contributed by atoms with E-state index in [2.05, 4.69) is 57.8 Å². The van der Waals surface area contributed by atoms with Crippen LogP contribution in [0.3, 0.4) is 0 Å². The molecule has 5 unspecified atom stereocenters. The summed E-state index contributed by atoms with van der Waals surface area (Å²) in [6.45, 7) is 11.4. The Hall–Kier alpha value is -1.48. The molecule has 32 heavy (non-hydrogen) atoms. The smallest absolute Gasteiger partial charge is 0.139 e. The van der Waals surface area contributed by atoms with E-state index in [1.165, 1.54) is 53.7 Å². The van der Waals surface area contributed by atoms with E-state index in [0.717, 1.165) is 31.6 Å². The fourth-order valence-electron chi connectivity index (χ4n) is 5.69. The fraction of sp³-hybridized carbons (Fsp3) is 0.655. The van der Waals surface area contributed by atoms with Gasteiger partial charge in [-0.05, 0) is 73.5 Å². The van der Waals surface area contributed by atoms with Gasteiger partial charge in [0.25, 0.3) is 0 Å². The summed E-state index contributed by atoms with van der Waals surface area (Å²) in [6, 6.07) is 6.78. The van der Waals surface area contributed by atoms with Crippen LogP contribution in [0.25, 0.3) is 10.4 Å². The van der Waals surface area contributed by atoms with Crippen molar-refractivity contribution in [3.05, 3.63) is 41.0 Å². The molecule has 0 aliphatic heterocycles. The number of ketones is 1. The average Bonchev–Trinajstić information content (AvgIpc) is 3.22. The van der Waals surface area contributed by atoms with Crippen LogP contribution in [0.2, 0.25) is 0 Å². The van der Waals surface area contributed by atoms with Gasteiger partial charge in [0.15, 0.2) is 0 Å². The van der Waals surface area contributed by atoms with Gasteiger partial charge >= 0.3 is 0 Å². The number of hydrogen-bond donors (Lipinski definition) is 0. The molecule has 0 spiro atoms. The van der Waals surface area contributed by atoms with Crippen molar-refractivity contribution in [3.63, 3.8) is 0 Å². The molecule has 176 valence electrons. The molecule has 0 bridgehead atoms. The molecule has 0 saturated heterocycles. The minimum atomic E-state index is 0.218. The third-order valence-electron chi connectivity index (χ3n) is 7.82. The number of nitrogens with zero attached hydrogens (tertiary/aromatic N) is 1. The van der Waals surface area contributed by atoms with E-state index in [4.69, 9.17) is 0 Å². The largest absolute Gasteiger partial charge is 0.299 e. The molecule has 1 aliphatic carbocycles. The van der Waals surface area contributed by atoms with Gasteiger partial charge in [0.05, 0.1) is 10.4 Å². The predicted molar refractivity (Wildman–Crippen MR) is 138 cm³/mol. The Morgan fingerprint density at radius 2 is 2.00 bits per heavy atom. The molecule has 3 heteroatoms. The van der Waals surface area contributed by atoms with Gasteiger partial charge in [-0.1, -0.05) is 71.6 Å². The van der Waals surface area contributed by atoms with Crippen LogP contribution < -0.4 is 0 Å². The fourth-order valence-corrected chi connectivity index (χ4v) is 6.31. The van der Waals surface area contributed by atoms with Crippen molar-refractivity contribution in [2.75, 3.05) is 0 Å². The first-order valence-electron chi connectivity index (χ1n) is 12.9. The van der Waals surface area contributed by atoms with E-state index in [1.807, 2.05) is 11.7 Å². The molecule has 0 radical (unpaired) electrons. The van der Waals surface area contributed by atoms with Gasteiger partial charge < -0.3 is 0 Å². The van der Waals surface area contributed by atoms with Crippen molar-refractivity contribution < 1.29 is 4.79 Å². The maximum atomic E-state index is 13.6. The number of carbonyl (C=O) groups is 1. The number of benzene rings is 1. The highest BCUT2D eigenvalue weighted by atomic mass is 32.1. The molecule has 1 aliphatic rings. The van der Waals surface area contributed by atoms with Crippen molar-refractivity contribution in [2.24, 2.45) is 29.6 Å². The molecule has 1 fully saturated rings. The van der Waals surface area contributed by atoms with Crippen LogP contribution in [0, 0.1) is 36.5 Å². The molecule has 1 aromatic heterocycles. The van der Waals surface area contributed by atoms with Crippen molar-refractivity contribution in [2.45, 2.75) is 92.4 Å². The van der Waals surface area contributed by atoms with E-state index in [0.29, 0.717) is 17.6 Å². The van der Waals surface area contributed by atoms with Gasteiger partial charge in [0.1, 0.15) is 5.78 Å². The minimum absolute atomic E-state index is 0.218. The predicted octanol–water partition coefficient (Wildman–Crippen LogP) is 8.53. The third kappa shape index (κ3) is 6.76. The lowest BCUT2D eigenvalue weighted by atomic mass is 9.76. The summed E-state index contributed by atoms with van der Waals surface area (Å²) in [7, 11) is 0. The standard InChI is InChI=1S/C29H43NOS/c1-6-8-26(29(31)23(5)24-10-7-9-20(2)11-13-24)15-21(3)16-27-17-25(14-12-22(27)4)28-18-30-19-32-28/h12,14,17-21,23-24,26H,6-11,13,15-16H2,1-5H3. The highest BCUT2D eigenvalue weighted by molar-refractivity contribution is 7.13. The summed E-state index contributed by atoms with van der Waals surface area (Å²) in [6.07, 6.45) is 12.6. The van der Waals surface area contributed by atoms with Gasteiger partial charge in [-0.15, -0.1) is 11.3 Å². The Morgan fingerprint density at radius 1 is 1.19 bits per heavy atom. The Balaban J connectivity index is 1.65. The van der Waals surface area contributed by atoms with Crippen LogP contribution in [0.1, 0.15) is 90.2 Å². The zero-order chi connectivity index (χ0) is 23.1. The second-order valence-electron chi connectivity index (χ2n) is 10.6. The van der Waals surface area contributed by atoms with Crippen LogP contribution in [0.15, 0.2) is 29.9 Å². The Labute approximate surface area is 200 Å². The molecule has 1 heterocycles. The van der Waals surface area contributed by atoms with E-state index < -0.39 is 0 Å². The summed E-state index contributed by atoms with van der Waals surface area (Å²) < 4.78 is 0. The lowest BCUT2D eigenvalue weighted by molar-refractivity contribution is -0.129. The van der Waals surface area contributed by atoms with Crippen molar-refractivity contribution >= 4 is 17.1 Å². The quantitative estimate of drug-likeness (QED) is 0.337. The molecule has 0 amide bonds. The zero-order valence-corrected chi connectivity index (χ0v) is 21.7. The first-order chi connectivity index (χ1) is 15.4. The van der Waals surface area contributed by atoms with E-state index in [9.17, 15) is 4.79 Å². The molecule has 2 aromatic rings. The summed E-state index contributed by atoms with van der Waals surface area (Å²) in [5.74, 6) is 2.93. The number of Topliss-reactive ketones (excluding diaryl/α,β-unsaturated/α-hetero) is 1. The first kappa shape index (κ1) is 25.1. The molecule has 1 saturated carbocycles. The maximum Gasteiger partial charge on any atom is 0.139 e. The number of rotatable bonds is 10. The van der Waals surface area contributed by atoms with Gasteiger partial charge in [0.2, 0.25) is 0 Å². The van der Waals surface area contributed by atoms with Crippen molar-refractivity contribution in [3.8, 4) is 10.4 Å². The molecule has 5 atom stereocenters. The maximum absolute atomic E-state index is 13.6. The summed E-state index contributed by atoms with van der Waals surface area (Å²) in [5, 5.41) is 0. The van der Waals surface area contributed by atoms with Crippen molar-refractivity contribution in [1.82, 2.24) is 4.98 Å². The minimum Gasteiger partial charge on any atom is -0.299 e. The molecular formula is C29H43NOS. The van der Waals surface area contributed by atoms with Gasteiger partial charge in [-0.2, -0.15) is 0 Å². The highest BCUT2D eigenvalue weighted by Crippen LogP contribution is 2.35. The summed E-state index contributed by atoms with van der Waals surface area (Å²) in [5.41, 5.74) is 5.92. The molecular weight excluding hydrogens is 410 g/mol. The highest BCUT2D eigenvalue weighted by Gasteiger charge is 2.31. The lowest BCUT2D eigenvalue weighted by Crippen LogP contribution is -2.29. The topological polar surface area (TPSA) is 30.0 Å². The van der Waals surface area contributed by atoms with Crippen LogP contribution >= 0.6 is 11.3 Å². The Morgan fingerprint density at radius 3 is 2.72 bits per heavy atom. The van der Waals surface area contributed by atoms with Gasteiger partial charge in [-0.3, -0.25) is 9.78 Å². The second-order valence-corrected chi connectivity index (χ2v) is 11.5. The normalized spacial score (nSPS) is 22.2. The SMILES string of the molecule is CCCC(CC(C)Cc1cc(-c2cncs2)ccc1C)C(=O)C(C)C1CCCC(C)CC1. The summed E-state index contributed by atoms with van der Waals surface area (Å²) >= 11 is 1.69.